The summed E-state index contributed by atoms with van der Waals surface area (Å²) in [6.45, 7) is 2.98. The lowest BCUT2D eigenvalue weighted by Crippen LogP contribution is -2.22. The molecular weight excluding hydrogens is 469 g/mol. The van der Waals surface area contributed by atoms with Crippen LogP contribution in [-0.4, -0.2) is 34.5 Å². The summed E-state index contributed by atoms with van der Waals surface area (Å²) in [5, 5.41) is 3.89. The number of oxazole rings is 1. The number of amides is 1. The molecule has 0 aliphatic carbocycles. The first kappa shape index (κ1) is 22.6. The zero-order chi connectivity index (χ0) is 23.6. The van der Waals surface area contributed by atoms with E-state index in [0.717, 1.165) is 0 Å². The van der Waals surface area contributed by atoms with E-state index in [9.17, 15) is 17.6 Å². The van der Waals surface area contributed by atoms with E-state index < -0.39 is 27.0 Å². The van der Waals surface area contributed by atoms with Gasteiger partial charge in [0, 0.05) is 17.1 Å². The summed E-state index contributed by atoms with van der Waals surface area (Å²) in [6.07, 6.45) is 1.64. The number of pyridine rings is 1. The van der Waals surface area contributed by atoms with E-state index in [1.165, 1.54) is 49.4 Å². The third-order valence-corrected chi connectivity index (χ3v) is 6.91. The summed E-state index contributed by atoms with van der Waals surface area (Å²) in [5.41, 5.74) is 1.65. The Morgan fingerprint density at radius 3 is 2.52 bits per heavy atom. The van der Waals surface area contributed by atoms with E-state index in [4.69, 9.17) is 4.42 Å². The topological polar surface area (TPSA) is 127 Å². The smallest absolute Gasteiger partial charge is 0.309 e. The van der Waals surface area contributed by atoms with Gasteiger partial charge in [-0.25, -0.2) is 22.5 Å². The zero-order valence-electron chi connectivity index (χ0n) is 17.4. The standard InChI is InChI=1S/C21H18FN5O4S2/c1-12(2)33(29,30)27-20-25-17(13-6-8-14(22)9-7-13)18(31-20)19(28)26-21-24-16(11-32-21)15-5-3-4-10-23-15/h3-12H,1-2H3,(H,25,27)(H,24,26,28). The maximum atomic E-state index is 13.4. The molecular formula is C21H18FN5O4S2. The predicted octanol–water partition coefficient (Wildman–Crippen LogP) is 4.40. The van der Waals surface area contributed by atoms with Crippen LogP contribution in [0.1, 0.15) is 24.4 Å². The number of halogens is 1. The Hall–Kier alpha value is -3.64. The molecule has 0 fully saturated rings. The minimum Gasteiger partial charge on any atom is -0.417 e. The van der Waals surface area contributed by atoms with Crippen LogP contribution < -0.4 is 10.0 Å². The minimum atomic E-state index is -3.77. The fourth-order valence-electron chi connectivity index (χ4n) is 2.68. The molecule has 0 saturated heterocycles. The number of rotatable bonds is 7. The predicted molar refractivity (Wildman–Crippen MR) is 123 cm³/mol. The molecule has 33 heavy (non-hydrogen) atoms. The molecule has 0 aliphatic heterocycles. The number of nitrogens with zero attached hydrogens (tertiary/aromatic N) is 3. The molecule has 0 radical (unpaired) electrons. The SMILES string of the molecule is CC(C)S(=O)(=O)Nc1nc(-c2ccc(F)cc2)c(C(=O)Nc2nc(-c3ccccn3)cs2)o1. The fourth-order valence-corrected chi connectivity index (χ4v) is 3.94. The molecule has 0 spiro atoms. The number of benzene rings is 1. The minimum absolute atomic E-state index is 0.0514. The summed E-state index contributed by atoms with van der Waals surface area (Å²) in [4.78, 5) is 25.7. The third-order valence-electron chi connectivity index (χ3n) is 4.45. The van der Waals surface area contributed by atoms with Gasteiger partial charge < -0.3 is 4.42 Å². The van der Waals surface area contributed by atoms with Crippen molar-refractivity contribution >= 4 is 38.4 Å². The van der Waals surface area contributed by atoms with Gasteiger partial charge in [0.2, 0.25) is 15.8 Å². The maximum Gasteiger partial charge on any atom is 0.309 e. The first-order valence-corrected chi connectivity index (χ1v) is 12.1. The van der Waals surface area contributed by atoms with Crippen LogP contribution in [0.2, 0.25) is 0 Å². The molecule has 1 amide bonds. The highest BCUT2D eigenvalue weighted by molar-refractivity contribution is 7.93. The Balaban J connectivity index is 1.65. The number of hydrogen-bond acceptors (Lipinski definition) is 8. The second-order valence-electron chi connectivity index (χ2n) is 7.11. The number of nitrogens with one attached hydrogen (secondary N) is 2. The summed E-state index contributed by atoms with van der Waals surface area (Å²) in [7, 11) is -3.77. The quantitative estimate of drug-likeness (QED) is 0.395. The van der Waals surface area contributed by atoms with Crippen molar-refractivity contribution in [3.63, 3.8) is 0 Å². The molecule has 0 bridgehead atoms. The monoisotopic (exact) mass is 487 g/mol. The number of aromatic nitrogens is 3. The zero-order valence-corrected chi connectivity index (χ0v) is 19.1. The van der Waals surface area contributed by atoms with Crippen LogP contribution in [0.3, 0.4) is 0 Å². The average Bonchev–Trinajstić information content (AvgIpc) is 3.42. The van der Waals surface area contributed by atoms with Crippen LogP contribution in [0.4, 0.5) is 15.5 Å². The normalized spacial score (nSPS) is 11.5. The van der Waals surface area contributed by atoms with Gasteiger partial charge in [0.05, 0.1) is 10.9 Å². The second kappa shape index (κ2) is 9.08. The molecule has 0 saturated carbocycles. The van der Waals surface area contributed by atoms with Crippen molar-refractivity contribution in [1.82, 2.24) is 15.0 Å². The summed E-state index contributed by atoms with van der Waals surface area (Å²) >= 11 is 1.19. The van der Waals surface area contributed by atoms with Gasteiger partial charge in [0.25, 0.3) is 5.91 Å². The van der Waals surface area contributed by atoms with E-state index in [0.29, 0.717) is 17.0 Å². The highest BCUT2D eigenvalue weighted by Crippen LogP contribution is 2.29. The van der Waals surface area contributed by atoms with Gasteiger partial charge in [-0.2, -0.15) is 4.98 Å². The van der Waals surface area contributed by atoms with Gasteiger partial charge in [0.1, 0.15) is 17.2 Å². The number of hydrogen-bond donors (Lipinski definition) is 2. The Morgan fingerprint density at radius 2 is 1.85 bits per heavy atom. The Labute approximate surface area is 192 Å². The molecule has 1 aromatic carbocycles. The van der Waals surface area contributed by atoms with Crippen LogP contribution in [0.25, 0.3) is 22.6 Å². The van der Waals surface area contributed by atoms with E-state index in [-0.39, 0.29) is 22.6 Å². The number of sulfonamides is 1. The Kier molecular flexibility index (Phi) is 6.20. The van der Waals surface area contributed by atoms with Crippen LogP contribution >= 0.6 is 11.3 Å². The van der Waals surface area contributed by atoms with E-state index >= 15 is 0 Å². The van der Waals surface area contributed by atoms with Crippen molar-refractivity contribution in [3.8, 4) is 22.6 Å². The number of carbonyl (C=O) groups is 1. The number of anilines is 2. The third kappa shape index (κ3) is 5.07. The van der Waals surface area contributed by atoms with Crippen molar-refractivity contribution in [2.45, 2.75) is 19.1 Å². The molecule has 9 nitrogen and oxygen atoms in total. The van der Waals surface area contributed by atoms with Crippen molar-refractivity contribution < 1.29 is 22.0 Å². The Bertz CT molecular complexity index is 1380. The molecule has 12 heteroatoms. The highest BCUT2D eigenvalue weighted by Gasteiger charge is 2.26. The summed E-state index contributed by atoms with van der Waals surface area (Å²) in [5.74, 6) is -1.42. The highest BCUT2D eigenvalue weighted by atomic mass is 32.2. The van der Waals surface area contributed by atoms with E-state index in [2.05, 4.69) is 25.0 Å². The molecule has 0 unspecified atom stereocenters. The second-order valence-corrected chi connectivity index (χ2v) is 10.2. The molecule has 0 aliphatic rings. The maximum absolute atomic E-state index is 13.4. The number of carbonyl (C=O) groups excluding carboxylic acids is 1. The lowest BCUT2D eigenvalue weighted by molar-refractivity contribution is 0.0998. The van der Waals surface area contributed by atoms with Crippen molar-refractivity contribution in [2.24, 2.45) is 0 Å². The molecule has 170 valence electrons. The van der Waals surface area contributed by atoms with Crippen LogP contribution in [0, 0.1) is 5.82 Å². The van der Waals surface area contributed by atoms with Gasteiger partial charge in [-0.15, -0.1) is 11.3 Å². The fraction of sp³-hybridized carbons (Fsp3) is 0.143. The molecule has 4 aromatic rings. The van der Waals surface area contributed by atoms with Gasteiger partial charge >= 0.3 is 6.01 Å². The van der Waals surface area contributed by atoms with Gasteiger partial charge in [-0.05, 0) is 50.2 Å². The average molecular weight is 488 g/mol. The summed E-state index contributed by atoms with van der Waals surface area (Å²) in [6, 6.07) is 10.2. The molecule has 3 heterocycles. The first-order valence-electron chi connectivity index (χ1n) is 9.69. The van der Waals surface area contributed by atoms with E-state index in [1.54, 1.807) is 23.7 Å². The van der Waals surface area contributed by atoms with Gasteiger partial charge in [-0.1, -0.05) is 6.07 Å². The van der Waals surface area contributed by atoms with Gasteiger partial charge in [0.15, 0.2) is 5.13 Å². The summed E-state index contributed by atoms with van der Waals surface area (Å²) < 4.78 is 45.5. The van der Waals surface area contributed by atoms with Gasteiger partial charge in [-0.3, -0.25) is 15.1 Å². The van der Waals surface area contributed by atoms with Crippen molar-refractivity contribution in [3.05, 3.63) is 65.6 Å². The lowest BCUT2D eigenvalue weighted by Gasteiger charge is -2.06. The van der Waals surface area contributed by atoms with Crippen molar-refractivity contribution in [2.75, 3.05) is 10.0 Å². The first-order chi connectivity index (χ1) is 15.7. The van der Waals surface area contributed by atoms with E-state index in [1.807, 2.05) is 6.07 Å². The molecule has 4 rings (SSSR count). The lowest BCUT2D eigenvalue weighted by atomic mass is 10.1. The largest absolute Gasteiger partial charge is 0.417 e. The molecule has 0 atom stereocenters. The molecule has 2 N–H and O–H groups in total. The van der Waals surface area contributed by atoms with Crippen LogP contribution in [0.15, 0.2) is 58.5 Å². The van der Waals surface area contributed by atoms with Crippen LogP contribution in [-0.2, 0) is 10.0 Å². The number of thiazole rings is 1. The molecule has 3 aromatic heterocycles. The van der Waals surface area contributed by atoms with Crippen molar-refractivity contribution in [1.29, 1.82) is 0 Å². The Morgan fingerprint density at radius 1 is 1.09 bits per heavy atom. The van der Waals surface area contributed by atoms with Crippen LogP contribution in [0.5, 0.6) is 0 Å².